The summed E-state index contributed by atoms with van der Waals surface area (Å²) >= 11 is 6.03. The van der Waals surface area contributed by atoms with Crippen LogP contribution >= 0.6 is 11.6 Å². The molecule has 1 amide bonds. The lowest BCUT2D eigenvalue weighted by atomic mass is 9.92. The van der Waals surface area contributed by atoms with Gasteiger partial charge in [0, 0.05) is 22.8 Å². The number of benzene rings is 1. The molecule has 2 aromatic rings. The third-order valence-corrected chi connectivity index (χ3v) is 5.60. The van der Waals surface area contributed by atoms with Gasteiger partial charge in [-0.2, -0.15) is 0 Å². The normalized spacial score (nSPS) is 20.4. The number of aliphatic hydroxyl groups excluding tert-OH is 1. The third-order valence-electron chi connectivity index (χ3n) is 5.35. The van der Waals surface area contributed by atoms with E-state index in [1.807, 2.05) is 30.3 Å². The van der Waals surface area contributed by atoms with Crippen molar-refractivity contribution >= 4 is 23.3 Å². The summed E-state index contributed by atoms with van der Waals surface area (Å²) in [6.07, 6.45) is 5.64. The van der Waals surface area contributed by atoms with Crippen molar-refractivity contribution < 1.29 is 9.90 Å². The van der Waals surface area contributed by atoms with Gasteiger partial charge in [-0.05, 0) is 49.9 Å². The number of hydrogen-bond acceptors (Lipinski definition) is 4. The average Bonchev–Trinajstić information content (AvgIpc) is 2.70. The molecule has 5 nitrogen and oxygen atoms in total. The quantitative estimate of drug-likeness (QED) is 0.658. The van der Waals surface area contributed by atoms with Gasteiger partial charge in [-0.3, -0.25) is 4.79 Å². The Balaban J connectivity index is 1.89. The van der Waals surface area contributed by atoms with Crippen LogP contribution in [-0.4, -0.2) is 34.2 Å². The molecule has 1 heterocycles. The maximum atomic E-state index is 12.8. The Kier molecular flexibility index (Phi) is 6.92. The molecule has 1 aromatic carbocycles. The molecule has 1 saturated carbocycles. The van der Waals surface area contributed by atoms with Gasteiger partial charge in [-0.15, -0.1) is 0 Å². The fourth-order valence-corrected chi connectivity index (χ4v) is 3.55. The molecule has 0 saturated heterocycles. The topological polar surface area (TPSA) is 74.2 Å². The van der Waals surface area contributed by atoms with E-state index in [4.69, 9.17) is 11.6 Å². The van der Waals surface area contributed by atoms with Gasteiger partial charge in [-0.1, -0.05) is 43.5 Å². The molecular formula is C22H28ClN3O2. The van der Waals surface area contributed by atoms with Crippen LogP contribution in [-0.2, 0) is 0 Å². The van der Waals surface area contributed by atoms with Crippen molar-refractivity contribution in [2.75, 3.05) is 5.32 Å². The Hall–Kier alpha value is -2.11. The number of carbonyl (C=O) groups is 1. The van der Waals surface area contributed by atoms with E-state index in [1.165, 1.54) is 0 Å². The van der Waals surface area contributed by atoms with Crippen molar-refractivity contribution in [2.24, 2.45) is 0 Å². The molecule has 0 radical (unpaired) electrons. The van der Waals surface area contributed by atoms with E-state index in [2.05, 4.69) is 29.5 Å². The number of nitrogens with zero attached hydrogens (tertiary/aromatic N) is 1. The second kappa shape index (κ2) is 9.39. The molecule has 28 heavy (non-hydrogen) atoms. The van der Waals surface area contributed by atoms with Crippen molar-refractivity contribution in [1.82, 2.24) is 10.3 Å². The van der Waals surface area contributed by atoms with Gasteiger partial charge in [0.2, 0.25) is 0 Å². The molecular weight excluding hydrogens is 374 g/mol. The summed E-state index contributed by atoms with van der Waals surface area (Å²) in [6.45, 7) is 4.20. The monoisotopic (exact) mass is 401 g/mol. The average molecular weight is 402 g/mol. The smallest absolute Gasteiger partial charge is 0.253 e. The van der Waals surface area contributed by atoms with E-state index in [0.29, 0.717) is 10.6 Å². The van der Waals surface area contributed by atoms with Gasteiger partial charge in [-0.25, -0.2) is 4.98 Å². The maximum absolute atomic E-state index is 12.8. The fourth-order valence-electron chi connectivity index (χ4n) is 3.42. The minimum Gasteiger partial charge on any atom is -0.391 e. The summed E-state index contributed by atoms with van der Waals surface area (Å²) in [5, 5.41) is 17.2. The number of carbonyl (C=O) groups excluding carboxylic acids is 1. The zero-order valence-electron chi connectivity index (χ0n) is 16.4. The first kappa shape index (κ1) is 20.6. The van der Waals surface area contributed by atoms with E-state index < -0.39 is 6.10 Å². The summed E-state index contributed by atoms with van der Waals surface area (Å²) in [4.78, 5) is 17.3. The lowest BCUT2D eigenvalue weighted by Gasteiger charge is -2.28. The van der Waals surface area contributed by atoms with Crippen molar-refractivity contribution in [2.45, 2.75) is 64.1 Å². The molecule has 3 atom stereocenters. The largest absolute Gasteiger partial charge is 0.391 e. The number of halogens is 1. The fraction of sp³-hybridized carbons (Fsp3) is 0.455. The summed E-state index contributed by atoms with van der Waals surface area (Å²) in [7, 11) is 0. The molecule has 6 heteroatoms. The van der Waals surface area contributed by atoms with Crippen molar-refractivity contribution in [1.29, 1.82) is 0 Å². The Bertz CT molecular complexity index is 810. The predicted octanol–water partition coefficient (Wildman–Crippen LogP) is 4.65. The highest BCUT2D eigenvalue weighted by atomic mass is 35.5. The highest BCUT2D eigenvalue weighted by Gasteiger charge is 2.25. The first-order chi connectivity index (χ1) is 13.5. The van der Waals surface area contributed by atoms with Crippen LogP contribution in [0.25, 0.3) is 11.1 Å². The highest BCUT2D eigenvalue weighted by molar-refractivity contribution is 6.30. The van der Waals surface area contributed by atoms with Crippen LogP contribution in [0.4, 0.5) is 5.82 Å². The molecule has 0 aliphatic heterocycles. The Morgan fingerprint density at radius 1 is 1.29 bits per heavy atom. The molecule has 1 aromatic heterocycles. The lowest BCUT2D eigenvalue weighted by Crippen LogP contribution is -2.45. The van der Waals surface area contributed by atoms with Gasteiger partial charge in [0.05, 0.1) is 17.7 Å². The van der Waals surface area contributed by atoms with Crippen LogP contribution in [0.3, 0.4) is 0 Å². The van der Waals surface area contributed by atoms with Crippen LogP contribution in [0.5, 0.6) is 0 Å². The van der Waals surface area contributed by atoms with E-state index in [9.17, 15) is 9.90 Å². The molecule has 0 spiro atoms. The first-order valence-corrected chi connectivity index (χ1v) is 10.4. The van der Waals surface area contributed by atoms with Gasteiger partial charge < -0.3 is 15.7 Å². The van der Waals surface area contributed by atoms with Gasteiger partial charge in [0.15, 0.2) is 0 Å². The minimum absolute atomic E-state index is 0.196. The number of pyridine rings is 1. The Labute approximate surface area is 171 Å². The van der Waals surface area contributed by atoms with Crippen LogP contribution in [0.15, 0.2) is 36.5 Å². The molecule has 0 bridgehead atoms. The second-order valence-electron chi connectivity index (χ2n) is 7.51. The number of amides is 1. The third kappa shape index (κ3) is 5.03. The standard InChI is InChI=1S/C22H28ClN3O2/c1-3-14(2)25-21-18(15-8-10-17(23)11-9-15)12-16(13-24-21)22(28)26-19-6-4-5-7-20(19)27/h8-14,19-20,27H,3-7H2,1-2H3,(H,24,25)(H,26,28)/t14?,19-,20-/m1/s1. The second-order valence-corrected chi connectivity index (χ2v) is 7.95. The summed E-state index contributed by atoms with van der Waals surface area (Å²) in [6, 6.07) is 9.42. The predicted molar refractivity (Wildman–Crippen MR) is 114 cm³/mol. The van der Waals surface area contributed by atoms with E-state index in [1.54, 1.807) is 6.20 Å². The van der Waals surface area contributed by atoms with E-state index in [0.717, 1.165) is 49.0 Å². The Morgan fingerprint density at radius 2 is 2.00 bits per heavy atom. The van der Waals surface area contributed by atoms with Gasteiger partial charge in [0.1, 0.15) is 5.82 Å². The molecule has 1 aliphatic carbocycles. The molecule has 3 N–H and O–H groups in total. The van der Waals surface area contributed by atoms with Crippen LogP contribution in [0, 0.1) is 0 Å². The highest BCUT2D eigenvalue weighted by Crippen LogP contribution is 2.29. The molecule has 150 valence electrons. The van der Waals surface area contributed by atoms with Crippen molar-refractivity contribution in [3.63, 3.8) is 0 Å². The Morgan fingerprint density at radius 3 is 2.68 bits per heavy atom. The first-order valence-electron chi connectivity index (χ1n) is 9.99. The van der Waals surface area contributed by atoms with Crippen LogP contribution in [0.2, 0.25) is 5.02 Å². The number of nitrogens with one attached hydrogen (secondary N) is 2. The number of aromatic nitrogens is 1. The van der Waals surface area contributed by atoms with E-state index in [-0.39, 0.29) is 18.0 Å². The van der Waals surface area contributed by atoms with Crippen molar-refractivity contribution in [3.05, 3.63) is 47.1 Å². The number of anilines is 1. The van der Waals surface area contributed by atoms with Crippen LogP contribution in [0.1, 0.15) is 56.3 Å². The molecule has 3 rings (SSSR count). The van der Waals surface area contributed by atoms with Gasteiger partial charge in [0.25, 0.3) is 5.91 Å². The summed E-state index contributed by atoms with van der Waals surface area (Å²) < 4.78 is 0. The zero-order chi connectivity index (χ0) is 20.1. The molecule has 1 aliphatic rings. The maximum Gasteiger partial charge on any atom is 0.253 e. The summed E-state index contributed by atoms with van der Waals surface area (Å²) in [5.74, 6) is 0.537. The zero-order valence-corrected chi connectivity index (χ0v) is 17.2. The molecule has 1 fully saturated rings. The van der Waals surface area contributed by atoms with Crippen molar-refractivity contribution in [3.8, 4) is 11.1 Å². The minimum atomic E-state index is -0.479. The van der Waals surface area contributed by atoms with Crippen LogP contribution < -0.4 is 10.6 Å². The van der Waals surface area contributed by atoms with Gasteiger partial charge >= 0.3 is 0 Å². The lowest BCUT2D eigenvalue weighted by molar-refractivity contribution is 0.0717. The number of aliphatic hydroxyl groups is 1. The SMILES string of the molecule is CCC(C)Nc1ncc(C(=O)N[C@@H]2CCCC[C@H]2O)cc1-c1ccc(Cl)cc1. The molecule has 1 unspecified atom stereocenters. The number of rotatable bonds is 6. The summed E-state index contributed by atoms with van der Waals surface area (Å²) in [5.41, 5.74) is 2.28. The van der Waals surface area contributed by atoms with E-state index >= 15 is 0 Å². The number of hydrogen-bond donors (Lipinski definition) is 3.